The summed E-state index contributed by atoms with van der Waals surface area (Å²) in [4.78, 5) is 25.1. The van der Waals surface area contributed by atoms with Crippen LogP contribution in [0.15, 0.2) is 0 Å². The molecule has 0 bridgehead atoms. The number of hydrogen-bond donors (Lipinski definition) is 2. The van der Waals surface area contributed by atoms with Gasteiger partial charge in [-0.3, -0.25) is 9.59 Å². The van der Waals surface area contributed by atoms with Gasteiger partial charge in [0.05, 0.1) is 24.7 Å². The Balaban J connectivity index is 1.43. The number of methoxy groups -OCH3 is 1. The summed E-state index contributed by atoms with van der Waals surface area (Å²) in [6.45, 7) is 14.9. The molecule has 0 aromatic heterocycles. The molecule has 0 radical (unpaired) electrons. The Morgan fingerprint density at radius 3 is 2.39 bits per heavy atom. The molecule has 0 aromatic rings. The molecule has 4 aliphatic rings. The van der Waals surface area contributed by atoms with Gasteiger partial charge in [-0.1, -0.05) is 34.6 Å². The lowest BCUT2D eigenvalue weighted by Crippen LogP contribution is -2.62. The predicted molar refractivity (Wildman–Crippen MR) is 158 cm³/mol. The molecule has 4 saturated carbocycles. The van der Waals surface area contributed by atoms with Crippen molar-refractivity contribution in [1.82, 2.24) is 0 Å². The van der Waals surface area contributed by atoms with Crippen LogP contribution in [0.5, 0.6) is 0 Å². The summed E-state index contributed by atoms with van der Waals surface area (Å²) in [5, 5.41) is 23.6. The van der Waals surface area contributed by atoms with Gasteiger partial charge in [0, 0.05) is 13.5 Å². The second kappa shape index (κ2) is 12.4. The number of fused-ring (bicyclic) bond motifs is 5. The molecule has 0 aliphatic heterocycles. The highest BCUT2D eigenvalue weighted by molar-refractivity contribution is 5.72. The number of ether oxygens (including phenoxy) is 3. The van der Waals surface area contributed by atoms with E-state index in [0.717, 1.165) is 57.8 Å². The van der Waals surface area contributed by atoms with Gasteiger partial charge in [-0.25, -0.2) is 0 Å². The highest BCUT2D eigenvalue weighted by Gasteiger charge is 2.65. The first-order valence-corrected chi connectivity index (χ1v) is 16.4. The van der Waals surface area contributed by atoms with Crippen molar-refractivity contribution in [2.24, 2.45) is 52.3 Å². The van der Waals surface area contributed by atoms with Crippen LogP contribution >= 0.6 is 0 Å². The van der Waals surface area contributed by atoms with Crippen LogP contribution in [0.25, 0.3) is 0 Å². The molecule has 2 N–H and O–H groups in total. The van der Waals surface area contributed by atoms with Gasteiger partial charge in [0.1, 0.15) is 11.7 Å². The first kappa shape index (κ1) is 32.7. The minimum Gasteiger partial charge on any atom is -0.462 e. The van der Waals surface area contributed by atoms with Gasteiger partial charge < -0.3 is 24.4 Å². The summed E-state index contributed by atoms with van der Waals surface area (Å²) in [6, 6.07) is 0. The summed E-state index contributed by atoms with van der Waals surface area (Å²) >= 11 is 0. The van der Waals surface area contributed by atoms with E-state index in [-0.39, 0.29) is 58.5 Å². The first-order chi connectivity index (χ1) is 19.2. The van der Waals surface area contributed by atoms with Crippen molar-refractivity contribution < 1.29 is 34.0 Å². The zero-order valence-electron chi connectivity index (χ0n) is 27.0. The Bertz CT molecular complexity index is 934. The maximum atomic E-state index is 12.6. The molecule has 0 aromatic carbocycles. The maximum absolute atomic E-state index is 12.6. The summed E-state index contributed by atoms with van der Waals surface area (Å²) in [5.74, 6) is 1.20. The van der Waals surface area contributed by atoms with Gasteiger partial charge in [-0.2, -0.15) is 0 Å². The number of hydrogen-bond acceptors (Lipinski definition) is 7. The molecule has 4 rings (SSSR count). The van der Waals surface area contributed by atoms with Crippen molar-refractivity contribution in [2.45, 2.75) is 137 Å². The van der Waals surface area contributed by atoms with Crippen LogP contribution in [-0.4, -0.2) is 59.8 Å². The number of aliphatic hydroxyl groups is 2. The summed E-state index contributed by atoms with van der Waals surface area (Å²) in [5.41, 5.74) is -0.880. The molecule has 7 nitrogen and oxygen atoms in total. The van der Waals surface area contributed by atoms with E-state index in [4.69, 9.17) is 14.2 Å². The van der Waals surface area contributed by atoms with E-state index in [2.05, 4.69) is 20.8 Å². The van der Waals surface area contributed by atoms with Crippen molar-refractivity contribution in [2.75, 3.05) is 13.7 Å². The van der Waals surface area contributed by atoms with E-state index in [1.165, 1.54) is 0 Å². The van der Waals surface area contributed by atoms with E-state index < -0.39 is 17.8 Å². The average Bonchev–Trinajstić information content (AvgIpc) is 3.26. The Morgan fingerprint density at radius 1 is 1.02 bits per heavy atom. The molecule has 236 valence electrons. The minimum absolute atomic E-state index is 0.0357. The standard InChI is InChI=1S/C34H58O7/c1-9-20(2)31(38)40-23-14-15-33(6)22(16-23)17-27(35)30-25-12-11-24(34(25,7)28(36)18-26(30)33)21(3)10-13-29(37)41-32(4,5)19-39-8/h20-28,30,35-36H,9-19H2,1-8H3/t20?,21?,22?,23?,24?,25?,26?,27?,28?,30?,33-,34+/m0/s1. The quantitative estimate of drug-likeness (QED) is 0.310. The molecule has 4 aliphatic carbocycles. The largest absolute Gasteiger partial charge is 0.462 e. The van der Waals surface area contributed by atoms with Crippen molar-refractivity contribution in [1.29, 1.82) is 0 Å². The second-order valence-corrected chi connectivity index (χ2v) is 15.4. The average molecular weight is 579 g/mol. The predicted octanol–water partition coefficient (Wildman–Crippen LogP) is 5.93. The fourth-order valence-electron chi connectivity index (χ4n) is 9.95. The van der Waals surface area contributed by atoms with Gasteiger partial charge in [-0.15, -0.1) is 0 Å². The third-order valence-electron chi connectivity index (χ3n) is 12.5. The van der Waals surface area contributed by atoms with Crippen LogP contribution in [0.3, 0.4) is 0 Å². The zero-order chi connectivity index (χ0) is 30.3. The fraction of sp³-hybridized carbons (Fsp3) is 0.941. The lowest BCUT2D eigenvalue weighted by atomic mass is 9.43. The van der Waals surface area contributed by atoms with E-state index in [9.17, 15) is 19.8 Å². The van der Waals surface area contributed by atoms with E-state index >= 15 is 0 Å². The third-order valence-corrected chi connectivity index (χ3v) is 12.5. The Hall–Kier alpha value is -1.18. The smallest absolute Gasteiger partial charge is 0.308 e. The summed E-state index contributed by atoms with van der Waals surface area (Å²) < 4.78 is 16.8. The number of esters is 2. The summed E-state index contributed by atoms with van der Waals surface area (Å²) in [7, 11) is 1.61. The van der Waals surface area contributed by atoms with Crippen LogP contribution in [0.1, 0.15) is 113 Å². The molecular weight excluding hydrogens is 520 g/mol. The number of carbonyl (C=O) groups excluding carboxylic acids is 2. The number of carbonyl (C=O) groups is 2. The van der Waals surface area contributed by atoms with Crippen molar-refractivity contribution in [3.63, 3.8) is 0 Å². The monoisotopic (exact) mass is 578 g/mol. The minimum atomic E-state index is -0.645. The van der Waals surface area contributed by atoms with Crippen LogP contribution in [0.4, 0.5) is 0 Å². The Labute approximate surface area is 248 Å². The van der Waals surface area contributed by atoms with Gasteiger partial charge >= 0.3 is 11.9 Å². The van der Waals surface area contributed by atoms with Gasteiger partial charge in [0.2, 0.25) is 0 Å². The molecule has 7 heteroatoms. The molecule has 12 atom stereocenters. The molecule has 0 heterocycles. The molecule has 0 saturated heterocycles. The molecule has 10 unspecified atom stereocenters. The maximum Gasteiger partial charge on any atom is 0.308 e. The van der Waals surface area contributed by atoms with Crippen LogP contribution < -0.4 is 0 Å². The topological polar surface area (TPSA) is 102 Å². The van der Waals surface area contributed by atoms with Crippen molar-refractivity contribution in [3.8, 4) is 0 Å². The molecule has 0 spiro atoms. The third kappa shape index (κ3) is 6.24. The molecule has 41 heavy (non-hydrogen) atoms. The first-order valence-electron chi connectivity index (χ1n) is 16.4. The molecule has 4 fully saturated rings. The highest BCUT2D eigenvalue weighted by atomic mass is 16.6. The lowest BCUT2D eigenvalue weighted by molar-refractivity contribution is -0.210. The lowest BCUT2D eigenvalue weighted by Gasteiger charge is -2.63. The fourth-order valence-corrected chi connectivity index (χ4v) is 9.95. The van der Waals surface area contributed by atoms with Crippen LogP contribution in [-0.2, 0) is 23.8 Å². The van der Waals surface area contributed by atoms with Crippen molar-refractivity contribution >= 4 is 11.9 Å². The van der Waals surface area contributed by atoms with Gasteiger partial charge in [0.15, 0.2) is 0 Å². The number of rotatable bonds is 10. The van der Waals surface area contributed by atoms with E-state index in [0.29, 0.717) is 24.9 Å². The van der Waals surface area contributed by atoms with Gasteiger partial charge in [0.25, 0.3) is 0 Å². The SMILES string of the molecule is CCC(C)C(=O)OC1CC[C@@]2(C)C(C1)CC(O)C1C2CC(O)[C@]2(C)C(C(C)CCC(=O)OC(C)(C)COC)CCC12. The number of aliphatic hydroxyl groups excluding tert-OH is 2. The van der Waals surface area contributed by atoms with E-state index in [1.54, 1.807) is 7.11 Å². The highest BCUT2D eigenvalue weighted by Crippen LogP contribution is 2.68. The van der Waals surface area contributed by atoms with E-state index in [1.807, 2.05) is 27.7 Å². The van der Waals surface area contributed by atoms with Crippen LogP contribution in [0.2, 0.25) is 0 Å². The Kier molecular flexibility index (Phi) is 9.93. The van der Waals surface area contributed by atoms with Crippen molar-refractivity contribution in [3.05, 3.63) is 0 Å². The second-order valence-electron chi connectivity index (χ2n) is 15.4. The molecule has 0 amide bonds. The zero-order valence-corrected chi connectivity index (χ0v) is 27.0. The normalized spacial score (nSPS) is 41.9. The van der Waals surface area contributed by atoms with Gasteiger partial charge in [-0.05, 0) is 118 Å². The Morgan fingerprint density at radius 2 is 1.73 bits per heavy atom. The molecular formula is C34H58O7. The summed E-state index contributed by atoms with van der Waals surface area (Å²) in [6.07, 6.45) is 7.13. The van der Waals surface area contributed by atoms with Crippen LogP contribution in [0, 0.1) is 52.3 Å².